The molecule has 2 aromatic carbocycles. The van der Waals surface area contributed by atoms with Gasteiger partial charge in [-0.1, -0.05) is 53.6 Å². The number of benzene rings is 2. The number of carbonyl (C=O) groups is 2. The van der Waals surface area contributed by atoms with Crippen molar-refractivity contribution in [1.82, 2.24) is 15.5 Å². The number of carbonyl (C=O) groups excluding carboxylic acids is 2. The molecule has 0 aliphatic rings. The highest BCUT2D eigenvalue weighted by atomic mass is 35.5. The Bertz CT molecular complexity index is 938. The predicted octanol–water partition coefficient (Wildman–Crippen LogP) is 3.55. The molecule has 0 fully saturated rings. The Morgan fingerprint density at radius 1 is 1.08 bits per heavy atom. The second kappa shape index (κ2) is 7.84. The number of amides is 2. The van der Waals surface area contributed by atoms with Crippen LogP contribution in [0.25, 0.3) is 0 Å². The van der Waals surface area contributed by atoms with E-state index in [1.54, 1.807) is 12.1 Å². The minimum absolute atomic E-state index is 0.248. The Labute approximate surface area is 155 Å². The molecule has 2 amide bonds. The number of hydrogen-bond donors (Lipinski definition) is 3. The van der Waals surface area contributed by atoms with Crippen LogP contribution in [0.3, 0.4) is 0 Å². The van der Waals surface area contributed by atoms with Gasteiger partial charge >= 0.3 is 0 Å². The molecule has 0 unspecified atom stereocenters. The molecule has 1 aromatic heterocycles. The van der Waals surface area contributed by atoms with E-state index in [2.05, 4.69) is 20.8 Å². The number of nitrogens with one attached hydrogen (secondary N) is 3. The zero-order valence-corrected chi connectivity index (χ0v) is 14.8. The third-order valence-electron chi connectivity index (χ3n) is 3.73. The molecule has 132 valence electrons. The van der Waals surface area contributed by atoms with E-state index >= 15 is 0 Å². The molecule has 0 spiro atoms. The highest BCUT2D eigenvalue weighted by Crippen LogP contribution is 2.19. The van der Waals surface area contributed by atoms with Crippen LogP contribution < -0.4 is 10.6 Å². The highest BCUT2D eigenvalue weighted by Gasteiger charge is 2.14. The first-order valence-electron chi connectivity index (χ1n) is 7.98. The predicted molar refractivity (Wildman–Crippen MR) is 100 cm³/mol. The van der Waals surface area contributed by atoms with E-state index in [-0.39, 0.29) is 23.3 Å². The van der Waals surface area contributed by atoms with Gasteiger partial charge in [-0.3, -0.25) is 14.7 Å². The summed E-state index contributed by atoms with van der Waals surface area (Å²) in [7, 11) is 0. The number of H-pyrrole nitrogens is 1. The fourth-order valence-corrected chi connectivity index (χ4v) is 2.58. The van der Waals surface area contributed by atoms with Crippen molar-refractivity contribution in [1.29, 1.82) is 0 Å². The summed E-state index contributed by atoms with van der Waals surface area (Å²) >= 11 is 6.06. The van der Waals surface area contributed by atoms with Crippen LogP contribution in [0.1, 0.15) is 32.0 Å². The number of aryl methyl sites for hydroxylation is 1. The third-order valence-corrected chi connectivity index (χ3v) is 4.06. The summed E-state index contributed by atoms with van der Waals surface area (Å²) in [6.45, 7) is 2.27. The van der Waals surface area contributed by atoms with Gasteiger partial charge < -0.3 is 10.6 Å². The molecule has 7 heteroatoms. The van der Waals surface area contributed by atoms with Crippen molar-refractivity contribution < 1.29 is 9.59 Å². The van der Waals surface area contributed by atoms with Crippen molar-refractivity contribution in [3.8, 4) is 0 Å². The summed E-state index contributed by atoms with van der Waals surface area (Å²) < 4.78 is 0. The van der Waals surface area contributed by atoms with E-state index in [4.69, 9.17) is 11.6 Å². The van der Waals surface area contributed by atoms with Gasteiger partial charge in [0.15, 0.2) is 5.82 Å². The molecular formula is C19H17ClN4O2. The van der Waals surface area contributed by atoms with E-state index in [0.717, 1.165) is 11.1 Å². The van der Waals surface area contributed by atoms with E-state index in [1.807, 2.05) is 43.3 Å². The van der Waals surface area contributed by atoms with Crippen LogP contribution in [-0.2, 0) is 6.54 Å². The van der Waals surface area contributed by atoms with Crippen LogP contribution in [-0.4, -0.2) is 22.0 Å². The molecule has 1 heterocycles. The van der Waals surface area contributed by atoms with Crippen LogP contribution in [0.4, 0.5) is 5.82 Å². The number of halogens is 1. The van der Waals surface area contributed by atoms with E-state index in [0.29, 0.717) is 17.1 Å². The molecule has 6 nitrogen and oxygen atoms in total. The summed E-state index contributed by atoms with van der Waals surface area (Å²) in [6, 6.07) is 16.2. The molecule has 3 N–H and O–H groups in total. The van der Waals surface area contributed by atoms with Gasteiger partial charge in [0.1, 0.15) is 5.69 Å². The molecule has 26 heavy (non-hydrogen) atoms. The average molecular weight is 369 g/mol. The molecule has 0 atom stereocenters. The number of hydrogen-bond acceptors (Lipinski definition) is 3. The van der Waals surface area contributed by atoms with Crippen LogP contribution in [0, 0.1) is 6.92 Å². The van der Waals surface area contributed by atoms with Gasteiger partial charge in [-0.05, 0) is 24.6 Å². The molecule has 3 rings (SSSR count). The molecule has 0 saturated heterocycles. The van der Waals surface area contributed by atoms with Gasteiger partial charge in [-0.2, -0.15) is 5.10 Å². The zero-order valence-electron chi connectivity index (χ0n) is 14.0. The standard InChI is InChI=1S/C19H17ClN4O2/c1-12-7-8-15(20)14(9-12)18(25)22-17-10-16(23-24-17)19(26)21-11-13-5-3-2-4-6-13/h2-10H,11H2,1H3,(H,21,26)(H2,22,23,24,25). The van der Waals surface area contributed by atoms with E-state index in [9.17, 15) is 9.59 Å². The highest BCUT2D eigenvalue weighted by molar-refractivity contribution is 6.34. The molecule has 0 radical (unpaired) electrons. The van der Waals surface area contributed by atoms with Crippen molar-refractivity contribution in [2.75, 3.05) is 5.32 Å². The number of rotatable bonds is 5. The van der Waals surface area contributed by atoms with Gasteiger partial charge in [-0.15, -0.1) is 0 Å². The maximum Gasteiger partial charge on any atom is 0.269 e. The topological polar surface area (TPSA) is 86.9 Å². The van der Waals surface area contributed by atoms with Crippen molar-refractivity contribution in [3.63, 3.8) is 0 Å². The SMILES string of the molecule is Cc1ccc(Cl)c(C(=O)Nc2cc(C(=O)NCc3ccccc3)[nH]n2)c1. The van der Waals surface area contributed by atoms with E-state index in [1.165, 1.54) is 6.07 Å². The summed E-state index contributed by atoms with van der Waals surface area (Å²) in [6.07, 6.45) is 0. The quantitative estimate of drug-likeness (QED) is 0.643. The summed E-state index contributed by atoms with van der Waals surface area (Å²) in [5.74, 6) is -0.450. The lowest BCUT2D eigenvalue weighted by atomic mass is 10.1. The fraction of sp³-hybridized carbons (Fsp3) is 0.105. The zero-order chi connectivity index (χ0) is 18.5. The van der Waals surface area contributed by atoms with Gasteiger partial charge in [0.2, 0.25) is 0 Å². The van der Waals surface area contributed by atoms with Crippen LogP contribution in [0.5, 0.6) is 0 Å². The Balaban J connectivity index is 1.63. The van der Waals surface area contributed by atoms with E-state index < -0.39 is 0 Å². The molecule has 0 saturated carbocycles. The first-order chi connectivity index (χ1) is 12.5. The van der Waals surface area contributed by atoms with Crippen LogP contribution >= 0.6 is 11.6 Å². The molecule has 0 aliphatic heterocycles. The normalized spacial score (nSPS) is 10.4. The minimum atomic E-state index is -0.388. The number of nitrogens with zero attached hydrogens (tertiary/aromatic N) is 1. The van der Waals surface area contributed by atoms with Crippen LogP contribution in [0.2, 0.25) is 5.02 Å². The number of aromatic amines is 1. The van der Waals surface area contributed by atoms with Gasteiger partial charge in [0, 0.05) is 12.6 Å². The lowest BCUT2D eigenvalue weighted by Gasteiger charge is -2.05. The fourth-order valence-electron chi connectivity index (χ4n) is 2.37. The molecular weight excluding hydrogens is 352 g/mol. The smallest absolute Gasteiger partial charge is 0.269 e. The van der Waals surface area contributed by atoms with Crippen molar-refractivity contribution >= 4 is 29.2 Å². The maximum absolute atomic E-state index is 12.3. The van der Waals surface area contributed by atoms with Crippen molar-refractivity contribution in [3.05, 3.63) is 82.0 Å². The monoisotopic (exact) mass is 368 g/mol. The Morgan fingerprint density at radius 2 is 1.85 bits per heavy atom. The average Bonchev–Trinajstić information content (AvgIpc) is 3.11. The second-order valence-electron chi connectivity index (χ2n) is 5.77. The van der Waals surface area contributed by atoms with Crippen LogP contribution in [0.15, 0.2) is 54.6 Å². The summed E-state index contributed by atoms with van der Waals surface area (Å²) in [4.78, 5) is 24.5. The lowest BCUT2D eigenvalue weighted by Crippen LogP contribution is -2.23. The summed E-state index contributed by atoms with van der Waals surface area (Å²) in [5.41, 5.74) is 2.52. The van der Waals surface area contributed by atoms with Gasteiger partial charge in [-0.25, -0.2) is 0 Å². The van der Waals surface area contributed by atoms with Crippen molar-refractivity contribution in [2.45, 2.75) is 13.5 Å². The third kappa shape index (κ3) is 4.29. The molecule has 0 aliphatic carbocycles. The molecule has 0 bridgehead atoms. The first kappa shape index (κ1) is 17.7. The number of aromatic nitrogens is 2. The van der Waals surface area contributed by atoms with Gasteiger partial charge in [0.05, 0.1) is 10.6 Å². The molecule has 3 aromatic rings. The Morgan fingerprint density at radius 3 is 2.62 bits per heavy atom. The Kier molecular flexibility index (Phi) is 5.34. The van der Waals surface area contributed by atoms with Gasteiger partial charge in [0.25, 0.3) is 11.8 Å². The first-order valence-corrected chi connectivity index (χ1v) is 8.36. The lowest BCUT2D eigenvalue weighted by molar-refractivity contribution is 0.0945. The second-order valence-corrected chi connectivity index (χ2v) is 6.18. The summed E-state index contributed by atoms with van der Waals surface area (Å²) in [5, 5.41) is 12.3. The van der Waals surface area contributed by atoms with Crippen molar-refractivity contribution in [2.24, 2.45) is 0 Å². The minimum Gasteiger partial charge on any atom is -0.347 e. The number of anilines is 1. The maximum atomic E-state index is 12.3. The largest absolute Gasteiger partial charge is 0.347 e. The Hall–Kier alpha value is -3.12.